The van der Waals surface area contributed by atoms with Crippen LogP contribution in [0.25, 0.3) is 0 Å². The molecule has 6 heteroatoms. The molecule has 0 atom stereocenters. The number of nitrogens with one attached hydrogen (secondary N) is 1. The molecule has 0 unspecified atom stereocenters. The van der Waals surface area contributed by atoms with Crippen molar-refractivity contribution >= 4 is 23.3 Å². The topological polar surface area (TPSA) is 52.7 Å². The summed E-state index contributed by atoms with van der Waals surface area (Å²) in [5, 5.41) is 2.84. The molecule has 0 bridgehead atoms. The van der Waals surface area contributed by atoms with E-state index in [1.54, 1.807) is 30.1 Å². The number of amides is 3. The maximum absolute atomic E-state index is 13.3. The Hall–Kier alpha value is -2.89. The third-order valence-electron chi connectivity index (χ3n) is 4.17. The van der Waals surface area contributed by atoms with Crippen LogP contribution in [0.15, 0.2) is 48.5 Å². The fourth-order valence-electron chi connectivity index (χ4n) is 2.91. The van der Waals surface area contributed by atoms with Crippen molar-refractivity contribution in [3.8, 4) is 0 Å². The summed E-state index contributed by atoms with van der Waals surface area (Å²) in [6.07, 6.45) is 1.35. The van der Waals surface area contributed by atoms with Crippen molar-refractivity contribution in [1.82, 2.24) is 4.90 Å². The second-order valence-electron chi connectivity index (χ2n) is 6.08. The molecule has 0 radical (unpaired) electrons. The van der Waals surface area contributed by atoms with Crippen LogP contribution in [0.4, 0.5) is 20.6 Å². The van der Waals surface area contributed by atoms with E-state index in [0.717, 1.165) is 6.42 Å². The molecule has 0 aliphatic carbocycles. The highest BCUT2D eigenvalue weighted by atomic mass is 19.1. The summed E-state index contributed by atoms with van der Waals surface area (Å²) in [6, 6.07) is 13.1. The first kappa shape index (κ1) is 17.0. The van der Waals surface area contributed by atoms with Crippen LogP contribution in [0, 0.1) is 5.82 Å². The summed E-state index contributed by atoms with van der Waals surface area (Å²) in [5.41, 5.74) is 2.01. The third-order valence-corrected chi connectivity index (χ3v) is 4.17. The van der Waals surface area contributed by atoms with Gasteiger partial charge in [-0.15, -0.1) is 0 Å². The first-order valence-electron chi connectivity index (χ1n) is 8.20. The smallest absolute Gasteiger partial charge is 0.321 e. The molecular weight excluding hydrogens is 321 g/mol. The summed E-state index contributed by atoms with van der Waals surface area (Å²) < 4.78 is 13.3. The fourth-order valence-corrected chi connectivity index (χ4v) is 2.91. The molecule has 130 valence electrons. The van der Waals surface area contributed by atoms with E-state index in [-0.39, 0.29) is 24.3 Å². The van der Waals surface area contributed by atoms with Crippen molar-refractivity contribution in [3.63, 3.8) is 0 Å². The van der Waals surface area contributed by atoms with E-state index in [9.17, 15) is 14.0 Å². The number of benzene rings is 2. The van der Waals surface area contributed by atoms with Gasteiger partial charge in [0.15, 0.2) is 0 Å². The molecule has 5 nitrogen and oxygen atoms in total. The Morgan fingerprint density at radius 3 is 2.76 bits per heavy atom. The molecule has 0 saturated carbocycles. The van der Waals surface area contributed by atoms with E-state index in [1.807, 2.05) is 18.2 Å². The number of nitrogens with zero attached hydrogens (tertiary/aromatic N) is 2. The zero-order valence-corrected chi connectivity index (χ0v) is 14.0. The van der Waals surface area contributed by atoms with Gasteiger partial charge in [0.2, 0.25) is 5.91 Å². The fraction of sp³-hybridized carbons (Fsp3) is 0.263. The van der Waals surface area contributed by atoms with Crippen molar-refractivity contribution in [2.24, 2.45) is 0 Å². The lowest BCUT2D eigenvalue weighted by molar-refractivity contribution is -0.117. The zero-order chi connectivity index (χ0) is 17.8. The number of halogens is 1. The average molecular weight is 341 g/mol. The molecule has 0 aromatic heterocycles. The molecule has 1 aliphatic rings. The van der Waals surface area contributed by atoms with E-state index in [2.05, 4.69) is 5.32 Å². The average Bonchev–Trinajstić information content (AvgIpc) is 3.01. The van der Waals surface area contributed by atoms with E-state index < -0.39 is 0 Å². The van der Waals surface area contributed by atoms with Crippen molar-refractivity contribution < 1.29 is 14.0 Å². The molecule has 0 spiro atoms. The lowest BCUT2D eigenvalue weighted by atomic mass is 10.2. The predicted octanol–water partition coefficient (Wildman–Crippen LogP) is 3.62. The summed E-state index contributed by atoms with van der Waals surface area (Å²) in [7, 11) is 1.64. The number of urea groups is 1. The second-order valence-corrected chi connectivity index (χ2v) is 6.08. The molecule has 1 aliphatic heterocycles. The van der Waals surface area contributed by atoms with Crippen molar-refractivity contribution in [1.29, 1.82) is 0 Å². The third kappa shape index (κ3) is 3.96. The van der Waals surface area contributed by atoms with Crippen LogP contribution in [0.2, 0.25) is 0 Å². The van der Waals surface area contributed by atoms with Crippen LogP contribution in [-0.4, -0.2) is 30.4 Å². The van der Waals surface area contributed by atoms with Gasteiger partial charge in [0.25, 0.3) is 0 Å². The van der Waals surface area contributed by atoms with Crippen LogP contribution < -0.4 is 10.2 Å². The molecule has 1 N–H and O–H groups in total. The highest BCUT2D eigenvalue weighted by molar-refractivity contribution is 6.01. The van der Waals surface area contributed by atoms with E-state index >= 15 is 0 Å². The Morgan fingerprint density at radius 2 is 2.04 bits per heavy atom. The molecule has 2 aromatic carbocycles. The first-order valence-corrected chi connectivity index (χ1v) is 8.20. The van der Waals surface area contributed by atoms with E-state index in [1.165, 1.54) is 17.0 Å². The van der Waals surface area contributed by atoms with Gasteiger partial charge in [0, 0.05) is 26.6 Å². The number of carbonyl (C=O) groups is 2. The summed E-state index contributed by atoms with van der Waals surface area (Å²) in [5.74, 6) is -0.265. The number of para-hydroxylation sites is 2. The lowest BCUT2D eigenvalue weighted by Gasteiger charge is -2.22. The molecule has 3 amide bonds. The first-order chi connectivity index (χ1) is 12.0. The van der Waals surface area contributed by atoms with Gasteiger partial charge in [0.1, 0.15) is 5.82 Å². The Morgan fingerprint density at radius 1 is 1.24 bits per heavy atom. The SMILES string of the molecule is CN(Cc1cccc(F)c1)C(=O)Nc1ccccc1N1CCCC1=O. The minimum absolute atomic E-state index is 0.0646. The van der Waals surface area contributed by atoms with Gasteiger partial charge in [-0.05, 0) is 36.2 Å². The van der Waals surface area contributed by atoms with Crippen molar-refractivity contribution in [2.75, 3.05) is 23.8 Å². The van der Waals surface area contributed by atoms with Crippen LogP contribution in [-0.2, 0) is 11.3 Å². The van der Waals surface area contributed by atoms with Crippen LogP contribution in [0.5, 0.6) is 0 Å². The summed E-state index contributed by atoms with van der Waals surface area (Å²) in [4.78, 5) is 27.6. The largest absolute Gasteiger partial charge is 0.323 e. The van der Waals surface area contributed by atoms with Crippen LogP contribution in [0.3, 0.4) is 0 Å². The Kier molecular flexibility index (Phi) is 4.97. The molecule has 2 aromatic rings. The number of anilines is 2. The van der Waals surface area contributed by atoms with E-state index in [0.29, 0.717) is 29.9 Å². The van der Waals surface area contributed by atoms with Crippen LogP contribution in [0.1, 0.15) is 18.4 Å². The minimum atomic E-state index is -0.329. The molecular formula is C19H20FN3O2. The van der Waals surface area contributed by atoms with Gasteiger partial charge in [-0.2, -0.15) is 0 Å². The number of rotatable bonds is 4. The second kappa shape index (κ2) is 7.34. The van der Waals surface area contributed by atoms with Gasteiger partial charge in [-0.25, -0.2) is 9.18 Å². The van der Waals surface area contributed by atoms with Gasteiger partial charge in [0.05, 0.1) is 11.4 Å². The normalized spacial score (nSPS) is 13.8. The summed E-state index contributed by atoms with van der Waals surface area (Å²) in [6.45, 7) is 0.944. The molecule has 25 heavy (non-hydrogen) atoms. The highest BCUT2D eigenvalue weighted by Crippen LogP contribution is 2.29. The van der Waals surface area contributed by atoms with Gasteiger partial charge < -0.3 is 15.1 Å². The van der Waals surface area contributed by atoms with Gasteiger partial charge in [-0.3, -0.25) is 4.79 Å². The standard InChI is InChI=1S/C19H20FN3O2/c1-22(13-14-6-4-7-15(20)12-14)19(25)21-16-8-2-3-9-17(16)23-11-5-10-18(23)24/h2-4,6-9,12H,5,10-11,13H2,1H3,(H,21,25). The van der Waals surface area contributed by atoms with Crippen LogP contribution >= 0.6 is 0 Å². The monoisotopic (exact) mass is 341 g/mol. The predicted molar refractivity (Wildman–Crippen MR) is 94.9 cm³/mol. The summed E-state index contributed by atoms with van der Waals surface area (Å²) >= 11 is 0. The Labute approximate surface area is 146 Å². The van der Waals surface area contributed by atoms with Crippen molar-refractivity contribution in [2.45, 2.75) is 19.4 Å². The van der Waals surface area contributed by atoms with Crippen molar-refractivity contribution in [3.05, 3.63) is 59.9 Å². The lowest BCUT2D eigenvalue weighted by Crippen LogP contribution is -2.32. The Balaban J connectivity index is 1.71. The van der Waals surface area contributed by atoms with Gasteiger partial charge >= 0.3 is 6.03 Å². The molecule has 1 heterocycles. The maximum atomic E-state index is 13.3. The highest BCUT2D eigenvalue weighted by Gasteiger charge is 2.24. The molecule has 1 saturated heterocycles. The quantitative estimate of drug-likeness (QED) is 0.923. The number of carbonyl (C=O) groups excluding carboxylic acids is 2. The molecule has 3 rings (SSSR count). The number of hydrogen-bond donors (Lipinski definition) is 1. The van der Waals surface area contributed by atoms with Gasteiger partial charge in [-0.1, -0.05) is 24.3 Å². The maximum Gasteiger partial charge on any atom is 0.321 e. The molecule has 1 fully saturated rings. The number of hydrogen-bond acceptors (Lipinski definition) is 2. The minimum Gasteiger partial charge on any atom is -0.323 e. The zero-order valence-electron chi connectivity index (χ0n) is 14.0. The van der Waals surface area contributed by atoms with E-state index in [4.69, 9.17) is 0 Å². The Bertz CT molecular complexity index is 794.